The second-order valence-corrected chi connectivity index (χ2v) is 4.54. The normalized spacial score (nSPS) is 10.1. The molecule has 18 heavy (non-hydrogen) atoms. The van der Waals surface area contributed by atoms with Gasteiger partial charge in [-0.1, -0.05) is 6.79 Å². The van der Waals surface area contributed by atoms with Crippen LogP contribution in [0.5, 0.6) is 5.75 Å². The molecule has 0 unspecified atom stereocenters. The van der Waals surface area contributed by atoms with E-state index in [1.54, 1.807) is 12.1 Å². The molecule has 0 saturated carbocycles. The summed E-state index contributed by atoms with van der Waals surface area (Å²) < 4.78 is 4.66. The predicted octanol–water partition coefficient (Wildman–Crippen LogP) is 0.248. The maximum atomic E-state index is 8.97. The molecule has 0 aliphatic rings. The van der Waals surface area contributed by atoms with Gasteiger partial charge in [-0.25, -0.2) is 6.42 Å². The molecule has 0 bridgehead atoms. The largest absolute Gasteiger partial charge is 1.00 e. The first-order chi connectivity index (χ1) is 7.80. The Labute approximate surface area is 122 Å². The molecule has 0 heterocycles. The Morgan fingerprint density at radius 3 is 2.17 bits per heavy atom. The number of phenols is 1. The summed E-state index contributed by atoms with van der Waals surface area (Å²) in [6.45, 7) is 13.8. The van der Waals surface area contributed by atoms with E-state index in [0.717, 1.165) is 17.5 Å². The molecule has 0 atom stereocenters. The maximum absolute atomic E-state index is 8.97. The molecular formula is C14H21LiO3-2. The molecule has 1 aromatic carbocycles. The van der Waals surface area contributed by atoms with Gasteiger partial charge in [-0.2, -0.15) is 18.1 Å². The number of benzene rings is 1. The molecule has 3 nitrogen and oxygen atoms in total. The summed E-state index contributed by atoms with van der Waals surface area (Å²) in [5.74, 6) is 0.266. The summed E-state index contributed by atoms with van der Waals surface area (Å²) in [5.41, 5.74) is 1.68. The van der Waals surface area contributed by atoms with E-state index in [1.807, 2.05) is 26.8 Å². The predicted molar refractivity (Wildman–Crippen MR) is 68.7 cm³/mol. The first-order valence-electron chi connectivity index (χ1n) is 5.37. The van der Waals surface area contributed by atoms with Crippen LogP contribution in [0.4, 0.5) is 0 Å². The quantitative estimate of drug-likeness (QED) is 0.579. The average molecular weight is 244 g/mol. The Morgan fingerprint density at radius 2 is 1.89 bits per heavy atom. The van der Waals surface area contributed by atoms with E-state index in [4.69, 9.17) is 10.2 Å². The van der Waals surface area contributed by atoms with Crippen LogP contribution in [0.25, 0.3) is 0 Å². The number of aromatic hydroxyl groups is 1. The number of aliphatic hydroxyl groups excluding tert-OH is 1. The van der Waals surface area contributed by atoms with Crippen molar-refractivity contribution in [1.82, 2.24) is 0 Å². The van der Waals surface area contributed by atoms with Crippen LogP contribution in [0.1, 0.15) is 31.9 Å². The van der Waals surface area contributed by atoms with Crippen LogP contribution in [0.15, 0.2) is 18.2 Å². The zero-order valence-corrected chi connectivity index (χ0v) is 11.7. The van der Waals surface area contributed by atoms with Crippen LogP contribution in [0.2, 0.25) is 0 Å². The number of phenolic OH excluding ortho intramolecular Hbond substituents is 1. The summed E-state index contributed by atoms with van der Waals surface area (Å²) in [4.78, 5) is 0. The van der Waals surface area contributed by atoms with Crippen LogP contribution < -0.4 is 18.9 Å². The molecule has 0 spiro atoms. The Bertz CT molecular complexity index is 332. The van der Waals surface area contributed by atoms with Gasteiger partial charge in [-0.15, -0.1) is 12.1 Å². The first-order valence-corrected chi connectivity index (χ1v) is 5.37. The van der Waals surface area contributed by atoms with Crippen molar-refractivity contribution in [3.63, 3.8) is 0 Å². The van der Waals surface area contributed by atoms with Crippen molar-refractivity contribution in [1.29, 1.82) is 0 Å². The third-order valence-corrected chi connectivity index (χ3v) is 1.87. The summed E-state index contributed by atoms with van der Waals surface area (Å²) in [7, 11) is 0. The van der Waals surface area contributed by atoms with Gasteiger partial charge in [-0.3, -0.25) is 0 Å². The van der Waals surface area contributed by atoms with Crippen LogP contribution in [-0.4, -0.2) is 15.8 Å². The van der Waals surface area contributed by atoms with Crippen molar-refractivity contribution in [2.45, 2.75) is 32.8 Å². The summed E-state index contributed by atoms with van der Waals surface area (Å²) in [5, 5.41) is 17.0. The number of hydrogen-bond acceptors (Lipinski definition) is 3. The van der Waals surface area contributed by atoms with E-state index in [-0.39, 0.29) is 30.2 Å². The van der Waals surface area contributed by atoms with Gasteiger partial charge < -0.3 is 21.9 Å². The zero-order valence-electron chi connectivity index (χ0n) is 11.7. The standard InChI is InChI=1S/C9H10O.C5H11O2.Li/c1-3-8-4-5-9(10)6-7(8)2;1-5(2,3)7-4-6;/h4-6,10H,1-3H2;4,6H,1-3H3;/q-2;-1;+1. The van der Waals surface area contributed by atoms with E-state index < -0.39 is 0 Å². The molecule has 4 heteroatoms. The van der Waals surface area contributed by atoms with Crippen LogP contribution in [0, 0.1) is 20.6 Å². The molecule has 0 aromatic heterocycles. The van der Waals surface area contributed by atoms with Gasteiger partial charge in [0, 0.05) is 5.60 Å². The Balaban J connectivity index is 0. The van der Waals surface area contributed by atoms with Gasteiger partial charge in [0.1, 0.15) is 0 Å². The van der Waals surface area contributed by atoms with Gasteiger partial charge in [0.15, 0.2) is 0 Å². The molecule has 0 aliphatic carbocycles. The number of rotatable bonds is 2. The van der Waals surface area contributed by atoms with Crippen LogP contribution in [0.3, 0.4) is 0 Å². The fraction of sp³-hybridized carbons (Fsp3) is 0.357. The van der Waals surface area contributed by atoms with E-state index in [2.05, 4.69) is 18.6 Å². The molecule has 1 rings (SSSR count). The van der Waals surface area contributed by atoms with E-state index >= 15 is 0 Å². The van der Waals surface area contributed by atoms with E-state index in [9.17, 15) is 0 Å². The molecular weight excluding hydrogens is 223 g/mol. The smallest absolute Gasteiger partial charge is 0.539 e. The molecule has 0 saturated heterocycles. The SMILES string of the molecule is CC(C)(C)O[CH-]O.[CH2-]Cc1ccc(O)cc1[CH2-].[Li+]. The molecule has 0 amide bonds. The molecule has 1 aromatic rings. The van der Waals surface area contributed by atoms with Crippen molar-refractivity contribution < 1.29 is 33.8 Å². The van der Waals surface area contributed by atoms with E-state index in [0.29, 0.717) is 6.79 Å². The van der Waals surface area contributed by atoms with Crippen molar-refractivity contribution in [2.24, 2.45) is 0 Å². The van der Waals surface area contributed by atoms with Crippen molar-refractivity contribution in [3.05, 3.63) is 50.0 Å². The number of ether oxygens (including phenoxy) is 1. The van der Waals surface area contributed by atoms with Gasteiger partial charge in [0.2, 0.25) is 0 Å². The fourth-order valence-electron chi connectivity index (χ4n) is 1.01. The third kappa shape index (κ3) is 9.44. The third-order valence-electron chi connectivity index (χ3n) is 1.87. The minimum absolute atomic E-state index is 0. The van der Waals surface area contributed by atoms with Gasteiger partial charge >= 0.3 is 18.9 Å². The topological polar surface area (TPSA) is 49.7 Å². The second-order valence-electron chi connectivity index (χ2n) is 4.54. The average Bonchev–Trinajstić information content (AvgIpc) is 2.16. The summed E-state index contributed by atoms with van der Waals surface area (Å²) >= 11 is 0. The summed E-state index contributed by atoms with van der Waals surface area (Å²) in [6, 6.07) is 5.13. The van der Waals surface area contributed by atoms with Gasteiger partial charge in [0.25, 0.3) is 0 Å². The molecule has 98 valence electrons. The molecule has 0 fully saturated rings. The van der Waals surface area contributed by atoms with Crippen LogP contribution >= 0.6 is 0 Å². The van der Waals surface area contributed by atoms with Gasteiger partial charge in [-0.05, 0) is 26.8 Å². The Kier molecular flexibility index (Phi) is 10.3. The van der Waals surface area contributed by atoms with Crippen LogP contribution in [-0.2, 0) is 11.2 Å². The molecule has 0 radical (unpaired) electrons. The fourth-order valence-corrected chi connectivity index (χ4v) is 1.01. The second kappa shape index (κ2) is 9.35. The van der Waals surface area contributed by atoms with Crippen molar-refractivity contribution >= 4 is 0 Å². The Hall–Kier alpha value is -0.593. The Morgan fingerprint density at radius 1 is 1.33 bits per heavy atom. The minimum Gasteiger partial charge on any atom is -0.539 e. The molecule has 0 aliphatic heterocycles. The van der Waals surface area contributed by atoms with Gasteiger partial charge in [0.05, 0.1) is 5.75 Å². The maximum Gasteiger partial charge on any atom is 1.00 e. The monoisotopic (exact) mass is 244 g/mol. The van der Waals surface area contributed by atoms with Crippen molar-refractivity contribution in [3.8, 4) is 5.75 Å². The number of aliphatic hydroxyl groups is 1. The minimum atomic E-state index is -0.255. The van der Waals surface area contributed by atoms with Crippen molar-refractivity contribution in [2.75, 3.05) is 0 Å². The zero-order chi connectivity index (χ0) is 13.5. The van der Waals surface area contributed by atoms with E-state index in [1.165, 1.54) is 0 Å². The number of hydrogen-bond donors (Lipinski definition) is 2. The molecule has 2 N–H and O–H groups in total. The first kappa shape index (κ1) is 19.7. The summed E-state index contributed by atoms with van der Waals surface area (Å²) in [6.07, 6.45) is 0.721.